The van der Waals surface area contributed by atoms with E-state index in [1.807, 2.05) is 36.4 Å². The van der Waals surface area contributed by atoms with Gasteiger partial charge in [0.2, 0.25) is 11.8 Å². The minimum Gasteiger partial charge on any atom is -0.508 e. The summed E-state index contributed by atoms with van der Waals surface area (Å²) in [5, 5.41) is 23.9. The van der Waals surface area contributed by atoms with Gasteiger partial charge in [0.05, 0.1) is 31.4 Å². The Kier molecular flexibility index (Phi) is 11.0. The summed E-state index contributed by atoms with van der Waals surface area (Å²) in [6.45, 7) is 5.25. The van der Waals surface area contributed by atoms with Crippen molar-refractivity contribution in [3.8, 4) is 11.8 Å². The van der Waals surface area contributed by atoms with E-state index in [9.17, 15) is 19.5 Å². The van der Waals surface area contributed by atoms with Crippen LogP contribution in [0.3, 0.4) is 0 Å². The molecule has 0 fully saturated rings. The first-order chi connectivity index (χ1) is 17.5. The Balaban J connectivity index is 2.17. The molecule has 0 bridgehead atoms. The molecule has 0 aliphatic rings. The number of aromatic hydroxyl groups is 1. The van der Waals surface area contributed by atoms with E-state index >= 15 is 0 Å². The number of benzene rings is 2. The molecule has 0 heterocycles. The summed E-state index contributed by atoms with van der Waals surface area (Å²) in [6, 6.07) is 14.3. The highest BCUT2D eigenvalue weighted by atomic mass is 16.5. The lowest BCUT2D eigenvalue weighted by Gasteiger charge is -2.26. The smallest absolute Gasteiger partial charge is 0.245 e. The lowest BCUT2D eigenvalue weighted by atomic mass is 9.95. The number of carbonyl (C=O) groups is 3. The summed E-state index contributed by atoms with van der Waals surface area (Å²) >= 11 is 0. The molecule has 2 rings (SSSR count). The largest absolute Gasteiger partial charge is 0.508 e. The number of hydrogen-bond donors (Lipinski definition) is 4. The molecule has 2 unspecified atom stereocenters. The molecule has 0 aliphatic carbocycles. The van der Waals surface area contributed by atoms with E-state index in [0.717, 1.165) is 5.56 Å². The van der Waals surface area contributed by atoms with Crippen LogP contribution in [0.1, 0.15) is 38.3 Å². The van der Waals surface area contributed by atoms with E-state index in [1.54, 1.807) is 32.9 Å². The lowest BCUT2D eigenvalue weighted by Crippen LogP contribution is -2.55. The van der Waals surface area contributed by atoms with Crippen LogP contribution in [-0.4, -0.2) is 47.4 Å². The molecule has 37 heavy (non-hydrogen) atoms. The van der Waals surface area contributed by atoms with Crippen molar-refractivity contribution < 1.29 is 24.2 Å². The number of rotatable bonds is 12. The second-order valence-corrected chi connectivity index (χ2v) is 9.64. The zero-order valence-corrected chi connectivity index (χ0v) is 21.3. The van der Waals surface area contributed by atoms with Gasteiger partial charge in [-0.1, -0.05) is 69.3 Å². The standard InChI is InChI=1S/C28H34N4O5/c1-28(2,3)27(36)32-24(18-37-17-20-7-5-4-6-8-20)26(35)31-23(15-21(30)16-29)25(34)14-11-19-9-12-22(33)13-10-19/h4-14,21,23-24,33H,15,17-18,30H2,1-3H3,(H,31,35)(H,32,36)/b14-11+/t21?,23?,24-/m1/s1. The number of ether oxygens (including phenoxy) is 1. The number of ketones is 1. The van der Waals surface area contributed by atoms with E-state index in [2.05, 4.69) is 10.6 Å². The Bertz CT molecular complexity index is 1120. The summed E-state index contributed by atoms with van der Waals surface area (Å²) in [7, 11) is 0. The Labute approximate surface area is 217 Å². The number of phenolic OH excluding ortho intramolecular Hbond substituents is 1. The molecule has 2 aromatic carbocycles. The third-order valence-electron chi connectivity index (χ3n) is 5.35. The molecule has 196 valence electrons. The van der Waals surface area contributed by atoms with Crippen LogP contribution in [0.15, 0.2) is 60.7 Å². The third kappa shape index (κ3) is 10.3. The van der Waals surface area contributed by atoms with Crippen LogP contribution in [0.25, 0.3) is 6.08 Å². The van der Waals surface area contributed by atoms with E-state index in [1.165, 1.54) is 24.3 Å². The normalized spacial score (nSPS) is 13.8. The van der Waals surface area contributed by atoms with Gasteiger partial charge in [0, 0.05) is 11.8 Å². The van der Waals surface area contributed by atoms with Gasteiger partial charge >= 0.3 is 0 Å². The number of carbonyl (C=O) groups excluding carboxylic acids is 3. The van der Waals surface area contributed by atoms with E-state index in [0.29, 0.717) is 5.56 Å². The molecule has 0 aromatic heterocycles. The Morgan fingerprint density at radius 1 is 1.05 bits per heavy atom. The topological polar surface area (TPSA) is 155 Å². The quantitative estimate of drug-likeness (QED) is 0.322. The number of nitrogens with two attached hydrogens (primary N) is 1. The molecule has 2 amide bonds. The average Bonchev–Trinajstić information content (AvgIpc) is 2.86. The van der Waals surface area contributed by atoms with E-state index in [4.69, 9.17) is 15.7 Å². The molecule has 0 saturated heterocycles. The van der Waals surface area contributed by atoms with E-state index in [-0.39, 0.29) is 31.3 Å². The number of phenols is 1. The van der Waals surface area contributed by atoms with Crippen molar-refractivity contribution in [1.82, 2.24) is 10.6 Å². The fraction of sp³-hybridized carbons (Fsp3) is 0.357. The molecule has 0 aliphatic heterocycles. The van der Waals surface area contributed by atoms with Crippen molar-refractivity contribution in [3.05, 3.63) is 71.8 Å². The van der Waals surface area contributed by atoms with Gasteiger partial charge in [0.25, 0.3) is 0 Å². The number of nitriles is 1. The molecule has 2 aromatic rings. The highest BCUT2D eigenvalue weighted by Crippen LogP contribution is 2.14. The molecule has 9 nitrogen and oxygen atoms in total. The summed E-state index contributed by atoms with van der Waals surface area (Å²) in [6.07, 6.45) is 2.68. The molecular weight excluding hydrogens is 472 g/mol. The van der Waals surface area contributed by atoms with Crippen LogP contribution in [0.4, 0.5) is 0 Å². The summed E-state index contributed by atoms with van der Waals surface area (Å²) in [5.41, 5.74) is 6.56. The van der Waals surface area contributed by atoms with Gasteiger partial charge in [-0.05, 0) is 29.3 Å². The van der Waals surface area contributed by atoms with Gasteiger partial charge in [-0.3, -0.25) is 14.4 Å². The molecule has 0 saturated carbocycles. The van der Waals surface area contributed by atoms with Crippen molar-refractivity contribution in [2.24, 2.45) is 11.1 Å². The van der Waals surface area contributed by atoms with Crippen LogP contribution in [-0.2, 0) is 25.7 Å². The Hall–Kier alpha value is -4.00. The Morgan fingerprint density at radius 2 is 1.70 bits per heavy atom. The second-order valence-electron chi connectivity index (χ2n) is 9.64. The summed E-state index contributed by atoms with van der Waals surface area (Å²) in [5.74, 6) is -1.38. The molecule has 5 N–H and O–H groups in total. The van der Waals surface area contributed by atoms with Crippen LogP contribution in [0, 0.1) is 16.7 Å². The van der Waals surface area contributed by atoms with Crippen LogP contribution < -0.4 is 16.4 Å². The number of hydrogen-bond acceptors (Lipinski definition) is 7. The molecular formula is C28H34N4O5. The SMILES string of the molecule is CC(C)(C)C(=O)N[C@H](COCc1ccccc1)C(=O)NC(CC(N)C#N)C(=O)/C=C/c1ccc(O)cc1. The summed E-state index contributed by atoms with van der Waals surface area (Å²) in [4.78, 5) is 38.8. The van der Waals surface area contributed by atoms with Gasteiger partial charge in [0.1, 0.15) is 11.8 Å². The highest BCUT2D eigenvalue weighted by Gasteiger charge is 2.30. The van der Waals surface area contributed by atoms with E-state index < -0.39 is 35.2 Å². The molecule has 9 heteroatoms. The van der Waals surface area contributed by atoms with Gasteiger partial charge in [-0.15, -0.1) is 0 Å². The first-order valence-corrected chi connectivity index (χ1v) is 11.9. The maximum absolute atomic E-state index is 13.2. The monoisotopic (exact) mass is 506 g/mol. The molecule has 3 atom stereocenters. The van der Waals surface area contributed by atoms with Crippen molar-refractivity contribution >= 4 is 23.7 Å². The van der Waals surface area contributed by atoms with Crippen LogP contribution in [0.5, 0.6) is 5.75 Å². The van der Waals surface area contributed by atoms with Crippen LogP contribution >= 0.6 is 0 Å². The van der Waals surface area contributed by atoms with Crippen molar-refractivity contribution in [3.63, 3.8) is 0 Å². The molecule has 0 spiro atoms. The van der Waals surface area contributed by atoms with Gasteiger partial charge in [-0.2, -0.15) is 5.26 Å². The van der Waals surface area contributed by atoms with Gasteiger partial charge in [0.15, 0.2) is 5.78 Å². The highest BCUT2D eigenvalue weighted by molar-refractivity contribution is 6.00. The predicted molar refractivity (Wildman–Crippen MR) is 140 cm³/mol. The average molecular weight is 507 g/mol. The zero-order valence-electron chi connectivity index (χ0n) is 21.3. The maximum atomic E-state index is 13.2. The van der Waals surface area contributed by atoms with Gasteiger partial charge in [-0.25, -0.2) is 0 Å². The number of nitrogens with one attached hydrogen (secondary N) is 2. The predicted octanol–water partition coefficient (Wildman–Crippen LogP) is 2.45. The zero-order chi connectivity index (χ0) is 27.4. The first kappa shape index (κ1) is 29.2. The van der Waals surface area contributed by atoms with Crippen molar-refractivity contribution in [2.45, 2.75) is 51.9 Å². The fourth-order valence-electron chi connectivity index (χ4n) is 3.13. The van der Waals surface area contributed by atoms with Gasteiger partial charge < -0.3 is 26.2 Å². The first-order valence-electron chi connectivity index (χ1n) is 11.9. The second kappa shape index (κ2) is 13.9. The fourth-order valence-corrected chi connectivity index (χ4v) is 3.13. The Morgan fingerprint density at radius 3 is 2.30 bits per heavy atom. The third-order valence-corrected chi connectivity index (χ3v) is 5.35. The molecule has 0 radical (unpaired) electrons. The number of nitrogens with zero attached hydrogens (tertiary/aromatic N) is 1. The van der Waals surface area contributed by atoms with Crippen molar-refractivity contribution in [2.75, 3.05) is 6.61 Å². The maximum Gasteiger partial charge on any atom is 0.245 e. The number of amides is 2. The summed E-state index contributed by atoms with van der Waals surface area (Å²) < 4.78 is 5.70. The lowest BCUT2D eigenvalue weighted by molar-refractivity contribution is -0.135. The minimum atomic E-state index is -1.10. The van der Waals surface area contributed by atoms with Crippen LogP contribution in [0.2, 0.25) is 0 Å². The minimum absolute atomic E-state index is 0.0893. The van der Waals surface area contributed by atoms with Crippen molar-refractivity contribution in [1.29, 1.82) is 5.26 Å².